The molecule has 4 aromatic rings. The monoisotopic (exact) mass is 370 g/mol. The van der Waals surface area contributed by atoms with Crippen LogP contribution in [0.5, 0.6) is 5.75 Å². The largest absolute Gasteiger partial charge is 0.493 e. The molecule has 0 amide bonds. The Bertz CT molecular complexity index is 1090. The van der Waals surface area contributed by atoms with E-state index in [1.165, 1.54) is 16.3 Å². The van der Waals surface area contributed by atoms with Crippen LogP contribution < -0.4 is 10.1 Å². The Morgan fingerprint density at radius 2 is 2.00 bits per heavy atom. The van der Waals surface area contributed by atoms with E-state index in [0.29, 0.717) is 6.54 Å². The zero-order chi connectivity index (χ0) is 18.8. The molecule has 5 nitrogen and oxygen atoms in total. The van der Waals surface area contributed by atoms with Crippen LogP contribution >= 0.6 is 0 Å². The van der Waals surface area contributed by atoms with Crippen LogP contribution in [0.25, 0.3) is 10.8 Å². The number of pyridine rings is 1. The lowest BCUT2D eigenvalue weighted by Crippen LogP contribution is -2.10. The summed E-state index contributed by atoms with van der Waals surface area (Å²) in [5, 5.41) is 10.5. The van der Waals surface area contributed by atoms with Crippen LogP contribution in [0.1, 0.15) is 30.1 Å². The van der Waals surface area contributed by atoms with Crippen molar-refractivity contribution in [2.24, 2.45) is 0 Å². The fourth-order valence-electron chi connectivity index (χ4n) is 3.85. The van der Waals surface area contributed by atoms with Crippen LogP contribution in [0.4, 0.5) is 5.69 Å². The second-order valence-electron chi connectivity index (χ2n) is 7.14. The highest BCUT2D eigenvalue weighted by atomic mass is 16.5. The average molecular weight is 370 g/mol. The Hall–Kier alpha value is -3.34. The Kier molecular flexibility index (Phi) is 4.41. The third-order valence-electron chi connectivity index (χ3n) is 5.19. The first kappa shape index (κ1) is 16.8. The molecule has 1 N–H and O–H groups in total. The SMILES string of the molecule is c1ccc(Cn2cc(N[C@@H]3CCCOc4c3ccc3ccccc43)cn2)nc1. The smallest absolute Gasteiger partial charge is 0.132 e. The molecule has 0 unspecified atom stereocenters. The van der Waals surface area contributed by atoms with Crippen molar-refractivity contribution < 1.29 is 4.74 Å². The van der Waals surface area contributed by atoms with E-state index >= 15 is 0 Å². The molecule has 1 atom stereocenters. The van der Waals surface area contributed by atoms with Crippen LogP contribution in [-0.4, -0.2) is 21.4 Å². The quantitative estimate of drug-likeness (QED) is 0.560. The molecule has 0 aliphatic carbocycles. The Labute approximate surface area is 164 Å². The number of nitrogens with one attached hydrogen (secondary N) is 1. The summed E-state index contributed by atoms with van der Waals surface area (Å²) >= 11 is 0. The second kappa shape index (κ2) is 7.35. The van der Waals surface area contributed by atoms with Crippen LogP contribution in [0.15, 0.2) is 73.2 Å². The van der Waals surface area contributed by atoms with Crippen LogP contribution in [0, 0.1) is 0 Å². The normalized spacial score (nSPS) is 16.2. The summed E-state index contributed by atoms with van der Waals surface area (Å²) in [6.07, 6.45) is 7.78. The van der Waals surface area contributed by atoms with E-state index in [9.17, 15) is 0 Å². The third-order valence-corrected chi connectivity index (χ3v) is 5.19. The van der Waals surface area contributed by atoms with Gasteiger partial charge in [0, 0.05) is 23.3 Å². The number of anilines is 1. The van der Waals surface area contributed by atoms with Gasteiger partial charge in [-0.1, -0.05) is 42.5 Å². The molecule has 0 saturated heterocycles. The minimum Gasteiger partial charge on any atom is -0.493 e. The number of nitrogens with zero attached hydrogens (tertiary/aromatic N) is 3. The second-order valence-corrected chi connectivity index (χ2v) is 7.14. The van der Waals surface area contributed by atoms with Crippen molar-refractivity contribution in [1.29, 1.82) is 0 Å². The van der Waals surface area contributed by atoms with Crippen molar-refractivity contribution in [2.45, 2.75) is 25.4 Å². The van der Waals surface area contributed by atoms with Crippen molar-refractivity contribution in [1.82, 2.24) is 14.8 Å². The third kappa shape index (κ3) is 3.31. The number of fused-ring (bicyclic) bond motifs is 3. The fourth-order valence-corrected chi connectivity index (χ4v) is 3.85. The molecule has 2 aromatic carbocycles. The minimum atomic E-state index is 0.203. The highest BCUT2D eigenvalue weighted by molar-refractivity contribution is 5.90. The molecule has 2 aromatic heterocycles. The molecule has 0 saturated carbocycles. The predicted octanol–water partition coefficient (Wildman–Crippen LogP) is 4.81. The van der Waals surface area contributed by atoms with Gasteiger partial charge < -0.3 is 10.1 Å². The summed E-state index contributed by atoms with van der Waals surface area (Å²) in [7, 11) is 0. The predicted molar refractivity (Wildman–Crippen MR) is 111 cm³/mol. The van der Waals surface area contributed by atoms with Crippen molar-refractivity contribution >= 4 is 16.5 Å². The van der Waals surface area contributed by atoms with E-state index in [2.05, 4.69) is 51.8 Å². The molecule has 0 spiro atoms. The maximum Gasteiger partial charge on any atom is 0.132 e. The topological polar surface area (TPSA) is 52.0 Å². The molecule has 0 fully saturated rings. The van der Waals surface area contributed by atoms with Gasteiger partial charge in [-0.3, -0.25) is 9.67 Å². The molecule has 3 heterocycles. The lowest BCUT2D eigenvalue weighted by Gasteiger charge is -2.19. The molecule has 1 aliphatic rings. The maximum atomic E-state index is 6.14. The molecule has 140 valence electrons. The molecular formula is C23H22N4O. The number of ether oxygens (including phenoxy) is 1. The summed E-state index contributed by atoms with van der Waals surface area (Å²) in [6.45, 7) is 1.41. The number of aromatic nitrogens is 3. The summed E-state index contributed by atoms with van der Waals surface area (Å²) < 4.78 is 8.06. The van der Waals surface area contributed by atoms with Gasteiger partial charge in [0.15, 0.2) is 0 Å². The van der Waals surface area contributed by atoms with Gasteiger partial charge in [-0.05, 0) is 30.4 Å². The highest BCUT2D eigenvalue weighted by Gasteiger charge is 2.22. The van der Waals surface area contributed by atoms with Crippen molar-refractivity contribution in [2.75, 3.05) is 11.9 Å². The Morgan fingerprint density at radius 1 is 1.07 bits per heavy atom. The van der Waals surface area contributed by atoms with Crippen LogP contribution in [0.2, 0.25) is 0 Å². The van der Waals surface area contributed by atoms with E-state index in [4.69, 9.17) is 4.74 Å². The lowest BCUT2D eigenvalue weighted by molar-refractivity contribution is 0.320. The summed E-state index contributed by atoms with van der Waals surface area (Å²) in [5.41, 5.74) is 3.23. The Balaban J connectivity index is 1.41. The molecule has 28 heavy (non-hydrogen) atoms. The molecule has 5 heteroatoms. The zero-order valence-electron chi connectivity index (χ0n) is 15.6. The van der Waals surface area contributed by atoms with Crippen molar-refractivity contribution in [3.05, 3.63) is 84.4 Å². The van der Waals surface area contributed by atoms with E-state index in [-0.39, 0.29) is 6.04 Å². The average Bonchev–Trinajstić information content (AvgIpc) is 3.06. The molecule has 0 radical (unpaired) electrons. The minimum absolute atomic E-state index is 0.203. The first-order valence-electron chi connectivity index (χ1n) is 9.70. The summed E-state index contributed by atoms with van der Waals surface area (Å²) in [5.74, 6) is 1.01. The number of hydrogen-bond acceptors (Lipinski definition) is 4. The Morgan fingerprint density at radius 3 is 2.93 bits per heavy atom. The zero-order valence-corrected chi connectivity index (χ0v) is 15.6. The first-order valence-corrected chi connectivity index (χ1v) is 9.70. The lowest BCUT2D eigenvalue weighted by atomic mass is 9.98. The van der Waals surface area contributed by atoms with E-state index in [1.807, 2.05) is 41.5 Å². The number of hydrogen-bond donors (Lipinski definition) is 1. The number of benzene rings is 2. The molecule has 0 bridgehead atoms. The molecule has 5 rings (SSSR count). The molecule has 1 aliphatic heterocycles. The van der Waals surface area contributed by atoms with Gasteiger partial charge >= 0.3 is 0 Å². The van der Waals surface area contributed by atoms with E-state index in [1.54, 1.807) is 0 Å². The standard InChI is InChI=1S/C23H22N4O/c1-2-8-20-17(6-1)10-11-21-22(9-5-13-28-23(20)21)26-19-14-25-27(16-19)15-18-7-3-4-12-24-18/h1-4,6-8,10-12,14,16,22,26H,5,9,13,15H2/t22-/m1/s1. The van der Waals surface area contributed by atoms with Crippen LogP contribution in [-0.2, 0) is 6.54 Å². The summed E-state index contributed by atoms with van der Waals surface area (Å²) in [4.78, 5) is 4.37. The van der Waals surface area contributed by atoms with E-state index in [0.717, 1.165) is 36.6 Å². The highest BCUT2D eigenvalue weighted by Crippen LogP contribution is 2.38. The van der Waals surface area contributed by atoms with Crippen molar-refractivity contribution in [3.8, 4) is 5.75 Å². The first-order chi connectivity index (χ1) is 13.9. The van der Waals surface area contributed by atoms with Gasteiger partial charge in [0.05, 0.1) is 36.8 Å². The number of rotatable bonds is 4. The van der Waals surface area contributed by atoms with E-state index < -0.39 is 0 Å². The molecular weight excluding hydrogens is 348 g/mol. The van der Waals surface area contributed by atoms with Gasteiger partial charge in [-0.25, -0.2) is 0 Å². The van der Waals surface area contributed by atoms with Crippen LogP contribution in [0.3, 0.4) is 0 Å². The van der Waals surface area contributed by atoms with Gasteiger partial charge in [0.1, 0.15) is 5.75 Å². The van der Waals surface area contributed by atoms with Gasteiger partial charge in [0.2, 0.25) is 0 Å². The maximum absolute atomic E-state index is 6.14. The summed E-state index contributed by atoms with van der Waals surface area (Å²) in [6, 6.07) is 18.9. The van der Waals surface area contributed by atoms with Crippen molar-refractivity contribution in [3.63, 3.8) is 0 Å². The van der Waals surface area contributed by atoms with Gasteiger partial charge in [-0.15, -0.1) is 0 Å². The van der Waals surface area contributed by atoms with Gasteiger partial charge in [0.25, 0.3) is 0 Å². The fraction of sp³-hybridized carbons (Fsp3) is 0.217. The van der Waals surface area contributed by atoms with Gasteiger partial charge in [-0.2, -0.15) is 5.10 Å².